The molecule has 0 aliphatic heterocycles. The van der Waals surface area contributed by atoms with Crippen LogP contribution in [0, 0.1) is 6.92 Å². The van der Waals surface area contributed by atoms with Crippen LogP contribution in [0.2, 0.25) is 0 Å². The summed E-state index contributed by atoms with van der Waals surface area (Å²) in [4.78, 5) is 13.3. The predicted molar refractivity (Wildman–Crippen MR) is 88.8 cm³/mol. The molecule has 3 rings (SSSR count). The number of ether oxygens (including phenoxy) is 1. The molecule has 3 aromatic rings. The molecule has 0 amide bonds. The Hall–Kier alpha value is -2.47. The van der Waals surface area contributed by atoms with Crippen molar-refractivity contribution >= 4 is 22.3 Å². The van der Waals surface area contributed by atoms with Gasteiger partial charge in [-0.3, -0.25) is 4.98 Å². The minimum absolute atomic E-state index is 0.634. The minimum atomic E-state index is 0.634. The van der Waals surface area contributed by atoms with E-state index in [0.717, 1.165) is 33.8 Å². The summed E-state index contributed by atoms with van der Waals surface area (Å²) in [5.41, 5.74) is 2.63. The smallest absolute Gasteiger partial charge is 0.188 e. The first-order valence-electron chi connectivity index (χ1n) is 7.00. The normalized spacial score (nSPS) is 10.5. The standard InChI is InChI=1S/C16H16N4OS/c1-3-21-12-7-8-13(17-9-12)14-10-22-16(19-14)20-15-6-4-5-11(2)18-15/h4-10H,3H2,1-2H3,(H,18,19,20). The summed E-state index contributed by atoms with van der Waals surface area (Å²) < 4.78 is 5.39. The van der Waals surface area contributed by atoms with Gasteiger partial charge in [-0.05, 0) is 38.1 Å². The highest BCUT2D eigenvalue weighted by Gasteiger charge is 2.07. The van der Waals surface area contributed by atoms with Gasteiger partial charge < -0.3 is 10.1 Å². The van der Waals surface area contributed by atoms with Gasteiger partial charge in [-0.2, -0.15) is 0 Å². The third-order valence-electron chi connectivity index (χ3n) is 2.94. The molecule has 0 aliphatic rings. The van der Waals surface area contributed by atoms with Gasteiger partial charge in [0.05, 0.1) is 18.5 Å². The zero-order chi connectivity index (χ0) is 15.4. The fourth-order valence-electron chi connectivity index (χ4n) is 1.95. The Morgan fingerprint density at radius 3 is 2.77 bits per heavy atom. The van der Waals surface area contributed by atoms with Gasteiger partial charge in [-0.1, -0.05) is 6.07 Å². The molecule has 112 valence electrons. The molecule has 0 fully saturated rings. The Kier molecular flexibility index (Phi) is 4.29. The van der Waals surface area contributed by atoms with Gasteiger partial charge in [0, 0.05) is 11.1 Å². The zero-order valence-corrected chi connectivity index (χ0v) is 13.2. The highest BCUT2D eigenvalue weighted by molar-refractivity contribution is 7.14. The molecule has 0 radical (unpaired) electrons. The second-order valence-electron chi connectivity index (χ2n) is 4.64. The summed E-state index contributed by atoms with van der Waals surface area (Å²) in [6, 6.07) is 9.66. The van der Waals surface area contributed by atoms with Crippen LogP contribution < -0.4 is 10.1 Å². The van der Waals surface area contributed by atoms with E-state index in [1.807, 2.05) is 49.6 Å². The Labute approximate surface area is 133 Å². The summed E-state index contributed by atoms with van der Waals surface area (Å²) in [5.74, 6) is 1.56. The fraction of sp³-hybridized carbons (Fsp3) is 0.188. The lowest BCUT2D eigenvalue weighted by atomic mass is 10.3. The van der Waals surface area contributed by atoms with Crippen LogP contribution in [0.3, 0.4) is 0 Å². The van der Waals surface area contributed by atoms with Crippen LogP contribution in [-0.4, -0.2) is 21.6 Å². The van der Waals surface area contributed by atoms with E-state index in [-0.39, 0.29) is 0 Å². The number of aryl methyl sites for hydroxylation is 1. The largest absolute Gasteiger partial charge is 0.492 e. The Morgan fingerprint density at radius 1 is 1.14 bits per heavy atom. The van der Waals surface area contributed by atoms with Crippen molar-refractivity contribution in [3.05, 3.63) is 47.6 Å². The molecule has 3 aromatic heterocycles. The summed E-state index contributed by atoms with van der Waals surface area (Å²) >= 11 is 1.53. The van der Waals surface area contributed by atoms with Gasteiger partial charge in [0.15, 0.2) is 5.13 Å². The van der Waals surface area contributed by atoms with Crippen molar-refractivity contribution in [2.75, 3.05) is 11.9 Å². The molecule has 0 unspecified atom stereocenters. The third-order valence-corrected chi connectivity index (χ3v) is 3.70. The van der Waals surface area contributed by atoms with Gasteiger partial charge in [0.1, 0.15) is 17.3 Å². The molecule has 0 bridgehead atoms. The molecule has 0 aliphatic carbocycles. The molecule has 22 heavy (non-hydrogen) atoms. The van der Waals surface area contributed by atoms with Crippen molar-refractivity contribution in [3.63, 3.8) is 0 Å². The average molecular weight is 312 g/mol. The Balaban J connectivity index is 1.75. The van der Waals surface area contributed by atoms with Gasteiger partial charge in [-0.15, -0.1) is 11.3 Å². The predicted octanol–water partition coefficient (Wildman–Crippen LogP) is 4.05. The Bertz CT molecular complexity index is 755. The molecule has 0 aromatic carbocycles. The first-order chi connectivity index (χ1) is 10.7. The van der Waals surface area contributed by atoms with Gasteiger partial charge >= 0.3 is 0 Å². The molecule has 0 saturated carbocycles. The molecular formula is C16H16N4OS. The van der Waals surface area contributed by atoms with Crippen molar-refractivity contribution in [1.82, 2.24) is 15.0 Å². The number of nitrogens with one attached hydrogen (secondary N) is 1. The summed E-state index contributed by atoms with van der Waals surface area (Å²) in [6.45, 7) is 4.54. The van der Waals surface area contributed by atoms with Crippen molar-refractivity contribution in [1.29, 1.82) is 0 Å². The number of thiazole rings is 1. The quantitative estimate of drug-likeness (QED) is 0.770. The molecule has 0 saturated heterocycles. The lowest BCUT2D eigenvalue weighted by molar-refractivity contribution is 0.339. The van der Waals surface area contributed by atoms with Crippen LogP contribution >= 0.6 is 11.3 Å². The van der Waals surface area contributed by atoms with Crippen LogP contribution in [-0.2, 0) is 0 Å². The molecule has 5 nitrogen and oxygen atoms in total. The highest BCUT2D eigenvalue weighted by Crippen LogP contribution is 2.26. The SMILES string of the molecule is CCOc1ccc(-c2csc(Nc3cccc(C)n3)n2)nc1. The number of hydrogen-bond acceptors (Lipinski definition) is 6. The van der Waals surface area contributed by atoms with E-state index in [2.05, 4.69) is 20.3 Å². The van der Waals surface area contributed by atoms with Crippen LogP contribution in [0.5, 0.6) is 5.75 Å². The number of pyridine rings is 2. The molecular weight excluding hydrogens is 296 g/mol. The number of aromatic nitrogens is 3. The average Bonchev–Trinajstić information content (AvgIpc) is 2.97. The molecule has 0 spiro atoms. The van der Waals surface area contributed by atoms with Gasteiger partial charge in [0.2, 0.25) is 0 Å². The van der Waals surface area contributed by atoms with Crippen LogP contribution in [0.4, 0.5) is 10.9 Å². The van der Waals surface area contributed by atoms with E-state index in [1.165, 1.54) is 11.3 Å². The second kappa shape index (κ2) is 6.53. The number of hydrogen-bond donors (Lipinski definition) is 1. The van der Waals surface area contributed by atoms with Crippen molar-refractivity contribution < 1.29 is 4.74 Å². The summed E-state index contributed by atoms with van der Waals surface area (Å²) in [5, 5.41) is 5.98. The topological polar surface area (TPSA) is 59.9 Å². The van der Waals surface area contributed by atoms with E-state index in [0.29, 0.717) is 6.61 Å². The monoisotopic (exact) mass is 312 g/mol. The second-order valence-corrected chi connectivity index (χ2v) is 5.50. The van der Waals surface area contributed by atoms with Crippen molar-refractivity contribution in [2.24, 2.45) is 0 Å². The van der Waals surface area contributed by atoms with Crippen LogP contribution in [0.25, 0.3) is 11.4 Å². The summed E-state index contributed by atoms with van der Waals surface area (Å²) in [6.07, 6.45) is 1.72. The maximum Gasteiger partial charge on any atom is 0.188 e. The molecule has 0 atom stereocenters. The molecule has 3 heterocycles. The van der Waals surface area contributed by atoms with E-state index in [4.69, 9.17) is 4.74 Å². The van der Waals surface area contributed by atoms with Crippen molar-refractivity contribution in [3.8, 4) is 17.1 Å². The van der Waals surface area contributed by atoms with E-state index >= 15 is 0 Å². The van der Waals surface area contributed by atoms with E-state index < -0.39 is 0 Å². The highest BCUT2D eigenvalue weighted by atomic mass is 32.1. The molecule has 6 heteroatoms. The maximum atomic E-state index is 5.39. The number of anilines is 2. The summed E-state index contributed by atoms with van der Waals surface area (Å²) in [7, 11) is 0. The van der Waals surface area contributed by atoms with E-state index in [1.54, 1.807) is 6.20 Å². The van der Waals surface area contributed by atoms with Gasteiger partial charge in [-0.25, -0.2) is 9.97 Å². The van der Waals surface area contributed by atoms with Gasteiger partial charge in [0.25, 0.3) is 0 Å². The Morgan fingerprint density at radius 2 is 2.05 bits per heavy atom. The first kappa shape index (κ1) is 14.5. The fourth-order valence-corrected chi connectivity index (χ4v) is 2.67. The lowest BCUT2D eigenvalue weighted by Gasteiger charge is -2.03. The lowest BCUT2D eigenvalue weighted by Crippen LogP contribution is -1.94. The maximum absolute atomic E-state index is 5.39. The molecule has 1 N–H and O–H groups in total. The number of rotatable bonds is 5. The van der Waals surface area contributed by atoms with E-state index in [9.17, 15) is 0 Å². The van der Waals surface area contributed by atoms with Crippen LogP contribution in [0.1, 0.15) is 12.6 Å². The third kappa shape index (κ3) is 3.40. The minimum Gasteiger partial charge on any atom is -0.492 e. The van der Waals surface area contributed by atoms with Crippen LogP contribution in [0.15, 0.2) is 41.9 Å². The first-order valence-corrected chi connectivity index (χ1v) is 7.88. The van der Waals surface area contributed by atoms with Crippen molar-refractivity contribution in [2.45, 2.75) is 13.8 Å². The number of nitrogens with zero attached hydrogens (tertiary/aromatic N) is 3. The zero-order valence-electron chi connectivity index (χ0n) is 12.4.